The van der Waals surface area contributed by atoms with Crippen LogP contribution in [0.5, 0.6) is 0 Å². The molecule has 0 aliphatic heterocycles. The molecule has 1 N–H and O–H groups in total. The van der Waals surface area contributed by atoms with Crippen molar-refractivity contribution < 1.29 is 9.18 Å². The van der Waals surface area contributed by atoms with Crippen molar-refractivity contribution in [1.29, 1.82) is 0 Å². The number of aromatic nitrogens is 2. The Morgan fingerprint density at radius 3 is 2.57 bits per heavy atom. The van der Waals surface area contributed by atoms with E-state index in [1.54, 1.807) is 41.2 Å². The molecule has 23 heavy (non-hydrogen) atoms. The summed E-state index contributed by atoms with van der Waals surface area (Å²) < 4.78 is 14.8. The SMILES string of the molecule is Cc1cnccc1NC(=O)c1ccc(-c2ccc(F)cc2)n1C. The summed E-state index contributed by atoms with van der Waals surface area (Å²) in [6, 6.07) is 11.6. The van der Waals surface area contributed by atoms with Crippen LogP contribution in [0.2, 0.25) is 0 Å². The Balaban J connectivity index is 1.88. The fourth-order valence-corrected chi connectivity index (χ4v) is 2.45. The van der Waals surface area contributed by atoms with E-state index in [1.807, 2.05) is 20.0 Å². The molecule has 0 bridgehead atoms. The number of aryl methyl sites for hydroxylation is 1. The van der Waals surface area contributed by atoms with Gasteiger partial charge in [-0.05, 0) is 60.5 Å². The molecule has 2 heterocycles. The highest BCUT2D eigenvalue weighted by Gasteiger charge is 2.14. The molecule has 0 saturated heterocycles. The number of hydrogen-bond acceptors (Lipinski definition) is 2. The van der Waals surface area contributed by atoms with Gasteiger partial charge in [-0.1, -0.05) is 0 Å². The van der Waals surface area contributed by atoms with Crippen LogP contribution in [0, 0.1) is 12.7 Å². The first kappa shape index (κ1) is 15.0. The predicted molar refractivity (Wildman–Crippen MR) is 87.7 cm³/mol. The molecule has 1 amide bonds. The lowest BCUT2D eigenvalue weighted by molar-refractivity contribution is 0.101. The first-order valence-corrected chi connectivity index (χ1v) is 7.20. The molecule has 0 aliphatic carbocycles. The summed E-state index contributed by atoms with van der Waals surface area (Å²) in [6.45, 7) is 1.89. The molecule has 0 unspecified atom stereocenters. The van der Waals surface area contributed by atoms with E-state index in [-0.39, 0.29) is 11.7 Å². The number of nitrogens with zero attached hydrogens (tertiary/aromatic N) is 2. The van der Waals surface area contributed by atoms with E-state index in [2.05, 4.69) is 10.3 Å². The maximum atomic E-state index is 13.0. The second kappa shape index (κ2) is 6.04. The van der Waals surface area contributed by atoms with Crippen LogP contribution in [0.3, 0.4) is 0 Å². The van der Waals surface area contributed by atoms with Crippen molar-refractivity contribution in [3.63, 3.8) is 0 Å². The molecular formula is C18H16FN3O. The van der Waals surface area contributed by atoms with Crippen LogP contribution in [0.4, 0.5) is 10.1 Å². The van der Waals surface area contributed by atoms with Gasteiger partial charge in [0.15, 0.2) is 0 Å². The van der Waals surface area contributed by atoms with Gasteiger partial charge in [0.1, 0.15) is 11.5 Å². The van der Waals surface area contributed by atoms with Crippen molar-refractivity contribution in [2.45, 2.75) is 6.92 Å². The summed E-state index contributed by atoms with van der Waals surface area (Å²) in [5.41, 5.74) is 3.86. The molecular weight excluding hydrogens is 293 g/mol. The average molecular weight is 309 g/mol. The Morgan fingerprint density at radius 1 is 1.13 bits per heavy atom. The molecule has 0 aliphatic rings. The minimum atomic E-state index is -0.283. The number of anilines is 1. The van der Waals surface area contributed by atoms with Gasteiger partial charge in [0, 0.05) is 30.8 Å². The van der Waals surface area contributed by atoms with Crippen LogP contribution in [-0.4, -0.2) is 15.5 Å². The topological polar surface area (TPSA) is 46.9 Å². The lowest BCUT2D eigenvalue weighted by Crippen LogP contribution is -2.16. The van der Waals surface area contributed by atoms with Crippen LogP contribution in [0.25, 0.3) is 11.3 Å². The summed E-state index contributed by atoms with van der Waals surface area (Å²) in [6.07, 6.45) is 3.34. The van der Waals surface area contributed by atoms with E-state index in [4.69, 9.17) is 0 Å². The van der Waals surface area contributed by atoms with E-state index in [9.17, 15) is 9.18 Å². The van der Waals surface area contributed by atoms with Gasteiger partial charge >= 0.3 is 0 Å². The van der Waals surface area contributed by atoms with E-state index >= 15 is 0 Å². The smallest absolute Gasteiger partial charge is 0.272 e. The van der Waals surface area contributed by atoms with Gasteiger partial charge in [-0.2, -0.15) is 0 Å². The predicted octanol–water partition coefficient (Wildman–Crippen LogP) is 3.79. The Kier molecular flexibility index (Phi) is 3.93. The molecule has 0 spiro atoms. The fourth-order valence-electron chi connectivity index (χ4n) is 2.45. The third-order valence-electron chi connectivity index (χ3n) is 3.76. The largest absolute Gasteiger partial charge is 0.340 e. The third kappa shape index (κ3) is 2.99. The van der Waals surface area contributed by atoms with Crippen molar-refractivity contribution in [3.8, 4) is 11.3 Å². The number of benzene rings is 1. The molecule has 2 aromatic heterocycles. The van der Waals surface area contributed by atoms with Crippen molar-refractivity contribution in [3.05, 3.63) is 71.9 Å². The Hall–Kier alpha value is -2.95. The molecule has 3 rings (SSSR count). The van der Waals surface area contributed by atoms with Gasteiger partial charge in [-0.25, -0.2) is 4.39 Å². The summed E-state index contributed by atoms with van der Waals surface area (Å²) in [5.74, 6) is -0.482. The van der Waals surface area contributed by atoms with Crippen molar-refractivity contribution in [2.75, 3.05) is 5.32 Å². The molecule has 5 heteroatoms. The maximum Gasteiger partial charge on any atom is 0.272 e. The summed E-state index contributed by atoms with van der Waals surface area (Å²) in [7, 11) is 1.81. The van der Waals surface area contributed by atoms with Gasteiger partial charge in [-0.15, -0.1) is 0 Å². The highest BCUT2D eigenvalue weighted by molar-refractivity contribution is 6.04. The summed E-state index contributed by atoms with van der Waals surface area (Å²) in [5, 5.41) is 2.88. The highest BCUT2D eigenvalue weighted by Crippen LogP contribution is 2.23. The number of nitrogens with one attached hydrogen (secondary N) is 1. The number of hydrogen-bond donors (Lipinski definition) is 1. The lowest BCUT2D eigenvalue weighted by Gasteiger charge is -2.10. The molecule has 0 radical (unpaired) electrons. The van der Waals surface area contributed by atoms with E-state index in [0.717, 1.165) is 22.5 Å². The Labute approximate surface area is 133 Å². The molecule has 0 atom stereocenters. The van der Waals surface area contributed by atoms with Gasteiger partial charge in [0.05, 0.1) is 0 Å². The average Bonchev–Trinajstić information content (AvgIpc) is 2.92. The maximum absolute atomic E-state index is 13.0. The monoisotopic (exact) mass is 309 g/mol. The minimum Gasteiger partial charge on any atom is -0.340 e. The number of pyridine rings is 1. The van der Waals surface area contributed by atoms with Crippen LogP contribution < -0.4 is 5.32 Å². The Bertz CT molecular complexity index is 853. The first-order chi connectivity index (χ1) is 11.1. The minimum absolute atomic E-state index is 0.199. The zero-order valence-electron chi connectivity index (χ0n) is 12.9. The molecule has 116 valence electrons. The van der Waals surface area contributed by atoms with Crippen LogP contribution >= 0.6 is 0 Å². The lowest BCUT2D eigenvalue weighted by atomic mass is 10.1. The molecule has 1 aromatic carbocycles. The van der Waals surface area contributed by atoms with Gasteiger partial charge < -0.3 is 9.88 Å². The van der Waals surface area contributed by atoms with Crippen LogP contribution in [-0.2, 0) is 7.05 Å². The van der Waals surface area contributed by atoms with Crippen molar-refractivity contribution in [1.82, 2.24) is 9.55 Å². The zero-order chi connectivity index (χ0) is 16.4. The molecule has 4 nitrogen and oxygen atoms in total. The van der Waals surface area contributed by atoms with Crippen molar-refractivity contribution >= 4 is 11.6 Å². The van der Waals surface area contributed by atoms with E-state index < -0.39 is 0 Å². The molecule has 0 saturated carbocycles. The highest BCUT2D eigenvalue weighted by atomic mass is 19.1. The van der Waals surface area contributed by atoms with E-state index in [1.165, 1.54) is 12.1 Å². The quantitative estimate of drug-likeness (QED) is 0.800. The standard InChI is InChI=1S/C18H16FN3O/c1-12-11-20-10-9-15(12)21-18(23)17-8-7-16(22(17)2)13-3-5-14(19)6-4-13/h3-11H,1-2H3,(H,20,21,23). The van der Waals surface area contributed by atoms with Crippen molar-refractivity contribution in [2.24, 2.45) is 7.05 Å². The number of rotatable bonds is 3. The zero-order valence-corrected chi connectivity index (χ0v) is 12.9. The third-order valence-corrected chi connectivity index (χ3v) is 3.76. The second-order valence-electron chi connectivity index (χ2n) is 5.31. The normalized spacial score (nSPS) is 10.6. The summed E-state index contributed by atoms with van der Waals surface area (Å²) >= 11 is 0. The first-order valence-electron chi connectivity index (χ1n) is 7.20. The number of carbonyl (C=O) groups is 1. The number of halogens is 1. The fraction of sp³-hybridized carbons (Fsp3) is 0.111. The van der Waals surface area contributed by atoms with Crippen LogP contribution in [0.1, 0.15) is 16.1 Å². The van der Waals surface area contributed by atoms with Gasteiger partial charge in [-0.3, -0.25) is 9.78 Å². The van der Waals surface area contributed by atoms with E-state index in [0.29, 0.717) is 5.69 Å². The molecule has 3 aromatic rings. The van der Waals surface area contributed by atoms with Crippen LogP contribution in [0.15, 0.2) is 54.9 Å². The van der Waals surface area contributed by atoms with Gasteiger partial charge in [0.2, 0.25) is 0 Å². The second-order valence-corrected chi connectivity index (χ2v) is 5.31. The number of amides is 1. The van der Waals surface area contributed by atoms with Gasteiger partial charge in [0.25, 0.3) is 5.91 Å². The number of carbonyl (C=O) groups excluding carboxylic acids is 1. The molecule has 0 fully saturated rings. The summed E-state index contributed by atoms with van der Waals surface area (Å²) in [4.78, 5) is 16.5. The Morgan fingerprint density at radius 2 is 1.87 bits per heavy atom.